The Morgan fingerprint density at radius 1 is 0.931 bits per heavy atom. The van der Waals surface area contributed by atoms with Gasteiger partial charge in [0.25, 0.3) is 0 Å². The van der Waals surface area contributed by atoms with E-state index in [1.807, 2.05) is 12.1 Å². The molecule has 29 heavy (non-hydrogen) atoms. The number of piperazine rings is 1. The first-order valence-electron chi connectivity index (χ1n) is 9.51. The van der Waals surface area contributed by atoms with E-state index in [0.717, 1.165) is 42.8 Å². The first kappa shape index (κ1) is 18.0. The molecule has 0 aliphatic carbocycles. The van der Waals surface area contributed by atoms with Crippen molar-refractivity contribution >= 4 is 27.9 Å². The Balaban J connectivity index is 1.40. The number of halogens is 1. The highest BCUT2D eigenvalue weighted by molar-refractivity contribution is 7.15. The molecule has 0 spiro atoms. The van der Waals surface area contributed by atoms with Crippen LogP contribution in [0.5, 0.6) is 0 Å². The van der Waals surface area contributed by atoms with Gasteiger partial charge in [0.2, 0.25) is 0 Å². The summed E-state index contributed by atoms with van der Waals surface area (Å²) in [6.45, 7) is 7.61. The van der Waals surface area contributed by atoms with Gasteiger partial charge in [-0.2, -0.15) is 4.52 Å². The maximum atomic E-state index is 14.2. The second kappa shape index (κ2) is 7.07. The van der Waals surface area contributed by atoms with E-state index in [9.17, 15) is 4.39 Å². The third kappa shape index (κ3) is 3.21. The summed E-state index contributed by atoms with van der Waals surface area (Å²) in [6.07, 6.45) is 0. The van der Waals surface area contributed by atoms with Crippen molar-refractivity contribution in [2.24, 2.45) is 0 Å². The van der Waals surface area contributed by atoms with Gasteiger partial charge in [0.05, 0.1) is 11.3 Å². The predicted octanol–water partition coefficient (Wildman–Crippen LogP) is 3.33. The zero-order valence-electron chi connectivity index (χ0n) is 16.2. The van der Waals surface area contributed by atoms with Gasteiger partial charge in [0, 0.05) is 31.1 Å². The van der Waals surface area contributed by atoms with Crippen molar-refractivity contribution in [1.82, 2.24) is 24.8 Å². The lowest BCUT2D eigenvalue weighted by molar-refractivity contribution is 0.628. The van der Waals surface area contributed by atoms with Crippen molar-refractivity contribution in [3.63, 3.8) is 0 Å². The minimum absolute atomic E-state index is 0.336. The number of hydrogen-bond donors (Lipinski definition) is 0. The molecule has 5 rings (SSSR count). The van der Waals surface area contributed by atoms with Crippen LogP contribution in [0.2, 0.25) is 0 Å². The Morgan fingerprint density at radius 3 is 2.41 bits per heavy atom. The highest BCUT2D eigenvalue weighted by Crippen LogP contribution is 2.27. The van der Waals surface area contributed by atoms with Gasteiger partial charge in [-0.05, 0) is 38.1 Å². The minimum atomic E-state index is -0.336. The van der Waals surface area contributed by atoms with Crippen LogP contribution in [0.3, 0.4) is 0 Å². The maximum Gasteiger partial charge on any atom is 0.188 e. The van der Waals surface area contributed by atoms with E-state index in [1.165, 1.54) is 10.9 Å². The number of fused-ring (bicyclic) bond motifs is 1. The van der Waals surface area contributed by atoms with E-state index in [2.05, 4.69) is 38.8 Å². The summed E-state index contributed by atoms with van der Waals surface area (Å²) in [4.78, 5) is 10.5. The molecule has 1 aromatic carbocycles. The number of aromatic nitrogens is 5. The molecule has 0 N–H and O–H groups in total. The molecule has 4 heterocycles. The van der Waals surface area contributed by atoms with Crippen molar-refractivity contribution < 1.29 is 4.39 Å². The van der Waals surface area contributed by atoms with Gasteiger partial charge in [-0.1, -0.05) is 12.1 Å². The molecule has 3 aromatic heterocycles. The van der Waals surface area contributed by atoms with E-state index in [1.54, 1.807) is 34.1 Å². The predicted molar refractivity (Wildman–Crippen MR) is 112 cm³/mol. The van der Waals surface area contributed by atoms with Crippen LogP contribution in [-0.2, 0) is 0 Å². The quantitative estimate of drug-likeness (QED) is 0.517. The van der Waals surface area contributed by atoms with Gasteiger partial charge < -0.3 is 9.80 Å². The fourth-order valence-electron chi connectivity index (χ4n) is 3.48. The first-order valence-corrected chi connectivity index (χ1v) is 10.3. The van der Waals surface area contributed by atoms with Gasteiger partial charge in [0.15, 0.2) is 16.6 Å². The van der Waals surface area contributed by atoms with Gasteiger partial charge in [-0.25, -0.2) is 9.37 Å². The number of benzene rings is 1. The van der Waals surface area contributed by atoms with E-state index >= 15 is 0 Å². The summed E-state index contributed by atoms with van der Waals surface area (Å²) in [5.74, 6) is 0.907. The van der Waals surface area contributed by atoms with Crippen LogP contribution in [0.15, 0.2) is 36.4 Å². The van der Waals surface area contributed by atoms with Crippen LogP contribution in [0.1, 0.15) is 10.6 Å². The molecule has 0 amide bonds. The third-order valence-electron chi connectivity index (χ3n) is 5.25. The Bertz CT molecular complexity index is 1160. The van der Waals surface area contributed by atoms with Gasteiger partial charge in [-0.15, -0.1) is 26.6 Å². The summed E-state index contributed by atoms with van der Waals surface area (Å²) >= 11 is 1.75. The number of anilines is 2. The second-order valence-corrected chi connectivity index (χ2v) is 8.26. The fraction of sp³-hybridized carbons (Fsp3) is 0.300. The molecule has 1 aliphatic heterocycles. The number of hydrogen-bond acceptors (Lipinski definition) is 7. The lowest BCUT2D eigenvalue weighted by Crippen LogP contribution is -2.47. The Morgan fingerprint density at radius 2 is 1.69 bits per heavy atom. The average molecular weight is 409 g/mol. The summed E-state index contributed by atoms with van der Waals surface area (Å²) in [7, 11) is 0. The van der Waals surface area contributed by atoms with Gasteiger partial charge in [0.1, 0.15) is 11.6 Å². The van der Waals surface area contributed by atoms with Crippen molar-refractivity contribution in [1.29, 1.82) is 0 Å². The molecule has 1 saturated heterocycles. The monoisotopic (exact) mass is 409 g/mol. The van der Waals surface area contributed by atoms with Crippen LogP contribution in [-0.4, -0.2) is 51.0 Å². The first-order chi connectivity index (χ1) is 14.1. The van der Waals surface area contributed by atoms with E-state index in [-0.39, 0.29) is 5.82 Å². The van der Waals surface area contributed by atoms with Crippen LogP contribution < -0.4 is 9.80 Å². The lowest BCUT2D eigenvalue weighted by Gasteiger charge is -2.35. The summed E-state index contributed by atoms with van der Waals surface area (Å²) in [5, 5.41) is 14.1. The second-order valence-electron chi connectivity index (χ2n) is 7.08. The van der Waals surface area contributed by atoms with E-state index in [4.69, 9.17) is 5.10 Å². The zero-order valence-corrected chi connectivity index (χ0v) is 17.0. The van der Waals surface area contributed by atoms with Crippen molar-refractivity contribution in [3.05, 3.63) is 52.8 Å². The van der Waals surface area contributed by atoms with Crippen molar-refractivity contribution in [2.75, 3.05) is 36.0 Å². The topological polar surface area (TPSA) is 62.5 Å². The molecule has 0 radical (unpaired) electrons. The summed E-state index contributed by atoms with van der Waals surface area (Å²) in [5.41, 5.74) is 2.09. The number of thiazole rings is 1. The van der Waals surface area contributed by atoms with Crippen LogP contribution in [0.25, 0.3) is 17.0 Å². The third-order valence-corrected chi connectivity index (χ3v) is 6.39. The highest BCUT2D eigenvalue weighted by Gasteiger charge is 2.22. The lowest BCUT2D eigenvalue weighted by atomic mass is 10.2. The minimum Gasteiger partial charge on any atom is -0.352 e. The summed E-state index contributed by atoms with van der Waals surface area (Å²) < 4.78 is 15.9. The normalized spacial score (nSPS) is 14.7. The maximum absolute atomic E-state index is 14.2. The largest absolute Gasteiger partial charge is 0.352 e. The van der Waals surface area contributed by atoms with Crippen LogP contribution in [0, 0.1) is 19.7 Å². The Hall–Kier alpha value is -3.07. The summed E-state index contributed by atoms with van der Waals surface area (Å²) in [6, 6.07) is 10.4. The molecular weight excluding hydrogens is 389 g/mol. The molecule has 7 nitrogen and oxygen atoms in total. The number of nitrogens with zero attached hydrogens (tertiary/aromatic N) is 7. The number of rotatable bonds is 3. The van der Waals surface area contributed by atoms with E-state index < -0.39 is 0 Å². The van der Waals surface area contributed by atoms with Crippen LogP contribution in [0.4, 0.5) is 15.3 Å². The molecule has 148 valence electrons. The molecule has 4 aromatic rings. The highest BCUT2D eigenvalue weighted by atomic mass is 32.1. The Labute approximate surface area is 171 Å². The zero-order chi connectivity index (χ0) is 20.0. The van der Waals surface area contributed by atoms with Gasteiger partial charge in [-0.3, -0.25) is 0 Å². The standard InChI is InChI=1S/C20H20FN7S/c1-13-14(2)29-20(22-13)27-11-9-26(10-12-27)18-8-7-17-23-24-19(28(17)25-18)15-5-3-4-6-16(15)21/h3-8H,9-12H2,1-2H3. The molecule has 0 unspecified atom stereocenters. The Kier molecular flexibility index (Phi) is 4.39. The molecule has 0 saturated carbocycles. The van der Waals surface area contributed by atoms with Crippen LogP contribution >= 0.6 is 11.3 Å². The van der Waals surface area contributed by atoms with Crippen molar-refractivity contribution in [2.45, 2.75) is 13.8 Å². The molecular formula is C20H20FN7S. The molecule has 1 aliphatic rings. The van der Waals surface area contributed by atoms with E-state index in [0.29, 0.717) is 17.0 Å². The molecule has 9 heteroatoms. The number of aryl methyl sites for hydroxylation is 2. The SMILES string of the molecule is Cc1nc(N2CCN(c3ccc4nnc(-c5ccccc5F)n4n3)CC2)sc1C. The average Bonchev–Trinajstić information content (AvgIpc) is 3.31. The fourth-order valence-corrected chi connectivity index (χ4v) is 4.44. The van der Waals surface area contributed by atoms with Gasteiger partial charge >= 0.3 is 0 Å². The molecule has 1 fully saturated rings. The molecule has 0 bridgehead atoms. The molecule has 0 atom stereocenters. The van der Waals surface area contributed by atoms with Crippen molar-refractivity contribution in [3.8, 4) is 11.4 Å². The smallest absolute Gasteiger partial charge is 0.188 e.